The summed E-state index contributed by atoms with van der Waals surface area (Å²) in [6.45, 7) is 13.8. The van der Waals surface area contributed by atoms with Crippen molar-refractivity contribution < 1.29 is 4.79 Å². The molecule has 1 unspecified atom stereocenters. The first-order chi connectivity index (χ1) is 18.2. The maximum absolute atomic E-state index is 13.5. The molecule has 0 spiro atoms. The third kappa shape index (κ3) is 6.52. The number of hydrogen-bond acceptors (Lipinski definition) is 8. The minimum absolute atomic E-state index is 0.120. The van der Waals surface area contributed by atoms with Crippen LogP contribution in [0.1, 0.15) is 98.3 Å². The molecule has 0 bridgehead atoms. The highest BCUT2D eigenvalue weighted by atomic mass is 16.2. The molecule has 1 aromatic heterocycles. The Morgan fingerprint density at radius 2 is 1.34 bits per heavy atom. The van der Waals surface area contributed by atoms with Gasteiger partial charge in [0, 0.05) is 50.8 Å². The minimum atomic E-state index is -0.575. The third-order valence-corrected chi connectivity index (χ3v) is 8.90. The summed E-state index contributed by atoms with van der Waals surface area (Å²) in [6.07, 6.45) is 13.5. The van der Waals surface area contributed by atoms with Gasteiger partial charge in [0.05, 0.1) is 5.54 Å². The molecule has 2 N–H and O–H groups in total. The van der Waals surface area contributed by atoms with Crippen LogP contribution in [0.3, 0.4) is 0 Å². The van der Waals surface area contributed by atoms with E-state index in [2.05, 4.69) is 39.2 Å². The van der Waals surface area contributed by atoms with Crippen LogP contribution < -0.4 is 20.4 Å². The molecule has 3 saturated heterocycles. The predicted molar refractivity (Wildman–Crippen MR) is 154 cm³/mol. The molecule has 38 heavy (non-hydrogen) atoms. The Hall–Kier alpha value is -2.16. The lowest BCUT2D eigenvalue weighted by Gasteiger charge is -2.48. The summed E-state index contributed by atoms with van der Waals surface area (Å²) >= 11 is 0. The van der Waals surface area contributed by atoms with Crippen LogP contribution in [0, 0.1) is 5.92 Å². The van der Waals surface area contributed by atoms with Crippen molar-refractivity contribution in [1.82, 2.24) is 25.2 Å². The van der Waals surface area contributed by atoms with E-state index in [9.17, 15) is 4.79 Å². The molecular formula is C29H50N8O. The molecule has 1 amide bonds. The van der Waals surface area contributed by atoms with E-state index >= 15 is 0 Å². The summed E-state index contributed by atoms with van der Waals surface area (Å²) in [5, 5.41) is 7.35. The summed E-state index contributed by atoms with van der Waals surface area (Å²) < 4.78 is 0. The van der Waals surface area contributed by atoms with Crippen LogP contribution in [0.15, 0.2) is 0 Å². The molecule has 5 rings (SSSR count). The number of nitrogens with one attached hydrogen (secondary N) is 2. The number of nitrogens with zero attached hydrogens (tertiary/aromatic N) is 6. The van der Waals surface area contributed by atoms with Crippen LogP contribution in [-0.2, 0) is 4.79 Å². The molecule has 0 aromatic carbocycles. The number of aromatic nitrogens is 3. The van der Waals surface area contributed by atoms with Crippen molar-refractivity contribution in [2.75, 3.05) is 54.4 Å². The smallest absolute Gasteiger partial charge is 0.242 e. The summed E-state index contributed by atoms with van der Waals surface area (Å²) in [7, 11) is 0. The topological polar surface area (TPSA) is 89.5 Å². The van der Waals surface area contributed by atoms with Crippen molar-refractivity contribution in [3.05, 3.63) is 0 Å². The summed E-state index contributed by atoms with van der Waals surface area (Å²) in [5.41, 5.74) is -0.709. The molecule has 212 valence electrons. The van der Waals surface area contributed by atoms with Crippen LogP contribution >= 0.6 is 0 Å². The zero-order chi connectivity index (χ0) is 26.8. The molecule has 4 heterocycles. The second-order valence-electron chi connectivity index (χ2n) is 13.3. The minimum Gasteiger partial charge on any atom is -0.349 e. The van der Waals surface area contributed by atoms with Gasteiger partial charge in [0.1, 0.15) is 0 Å². The predicted octanol–water partition coefficient (Wildman–Crippen LogP) is 4.20. The highest BCUT2D eigenvalue weighted by Gasteiger charge is 2.44. The first kappa shape index (κ1) is 27.4. The number of anilines is 3. The van der Waals surface area contributed by atoms with E-state index in [4.69, 9.17) is 15.0 Å². The van der Waals surface area contributed by atoms with Crippen LogP contribution in [-0.4, -0.2) is 82.1 Å². The van der Waals surface area contributed by atoms with Gasteiger partial charge in [-0.3, -0.25) is 10.1 Å². The van der Waals surface area contributed by atoms with Gasteiger partial charge in [0.2, 0.25) is 23.8 Å². The lowest BCUT2D eigenvalue weighted by molar-refractivity contribution is -0.144. The Kier molecular flexibility index (Phi) is 8.31. The Labute approximate surface area is 229 Å². The molecule has 0 radical (unpaired) electrons. The quantitative estimate of drug-likeness (QED) is 0.546. The SMILES string of the molecule is CC1(C)CN(CC(Nc2nc(N3CCCCC3)nc(N3CCCCC3)n2)C2CCCCC2)C(=O)C(C)(C)N1. The molecule has 9 heteroatoms. The van der Waals surface area contributed by atoms with Crippen LogP contribution in [0.4, 0.5) is 17.8 Å². The molecule has 4 fully saturated rings. The maximum Gasteiger partial charge on any atom is 0.242 e. The van der Waals surface area contributed by atoms with E-state index in [0.29, 0.717) is 25.0 Å². The van der Waals surface area contributed by atoms with Gasteiger partial charge >= 0.3 is 0 Å². The molecular weight excluding hydrogens is 476 g/mol. The van der Waals surface area contributed by atoms with Gasteiger partial charge in [-0.2, -0.15) is 15.0 Å². The standard InChI is InChI=1S/C29H50N8O/c1-28(2)21-37(24(38)29(3,4)34-28)20-23(22-14-8-5-9-15-22)30-25-31-26(35-16-10-6-11-17-35)33-27(32-25)36-18-12-7-13-19-36/h22-23,34H,5-21H2,1-4H3,(H,30,31,32,33). The lowest BCUT2D eigenvalue weighted by atomic mass is 9.82. The van der Waals surface area contributed by atoms with Crippen LogP contribution in [0.5, 0.6) is 0 Å². The monoisotopic (exact) mass is 526 g/mol. The van der Waals surface area contributed by atoms with Crippen molar-refractivity contribution >= 4 is 23.8 Å². The van der Waals surface area contributed by atoms with E-state index in [1.807, 2.05) is 13.8 Å². The Morgan fingerprint density at radius 3 is 1.89 bits per heavy atom. The summed E-state index contributed by atoms with van der Waals surface area (Å²) in [6, 6.07) is 0.120. The molecule has 1 atom stereocenters. The molecule has 1 saturated carbocycles. The van der Waals surface area contributed by atoms with Crippen molar-refractivity contribution in [3.8, 4) is 0 Å². The van der Waals surface area contributed by atoms with Gasteiger partial charge in [-0.15, -0.1) is 0 Å². The summed E-state index contributed by atoms with van der Waals surface area (Å²) in [5.74, 6) is 2.98. The molecule has 9 nitrogen and oxygen atoms in total. The van der Waals surface area contributed by atoms with Crippen LogP contribution in [0.25, 0.3) is 0 Å². The second-order valence-corrected chi connectivity index (χ2v) is 13.3. The lowest BCUT2D eigenvalue weighted by Crippen LogP contribution is -2.70. The van der Waals surface area contributed by atoms with Crippen molar-refractivity contribution in [1.29, 1.82) is 0 Å². The Bertz CT molecular complexity index is 912. The highest BCUT2D eigenvalue weighted by molar-refractivity contribution is 5.86. The van der Waals surface area contributed by atoms with Crippen LogP contribution in [0.2, 0.25) is 0 Å². The Morgan fingerprint density at radius 1 is 0.816 bits per heavy atom. The fourth-order valence-corrected chi connectivity index (χ4v) is 7.17. The average Bonchev–Trinajstić information content (AvgIpc) is 2.92. The number of rotatable bonds is 7. The number of carbonyl (C=O) groups excluding carboxylic acids is 1. The number of hydrogen-bond donors (Lipinski definition) is 2. The normalized spacial score (nSPS) is 25.4. The van der Waals surface area contributed by atoms with Gasteiger partial charge in [0.15, 0.2) is 0 Å². The number of amides is 1. The summed E-state index contributed by atoms with van der Waals surface area (Å²) in [4.78, 5) is 35.3. The fraction of sp³-hybridized carbons (Fsp3) is 0.862. The average molecular weight is 527 g/mol. The van der Waals surface area contributed by atoms with Gasteiger partial charge in [0.25, 0.3) is 0 Å². The number of carbonyl (C=O) groups is 1. The zero-order valence-corrected chi connectivity index (χ0v) is 24.3. The third-order valence-electron chi connectivity index (χ3n) is 8.90. The number of piperidine rings is 2. The van der Waals surface area contributed by atoms with E-state index in [0.717, 1.165) is 38.1 Å². The van der Waals surface area contributed by atoms with E-state index < -0.39 is 5.54 Å². The zero-order valence-electron chi connectivity index (χ0n) is 24.3. The molecule has 1 aliphatic carbocycles. The largest absolute Gasteiger partial charge is 0.349 e. The van der Waals surface area contributed by atoms with Crippen molar-refractivity contribution in [3.63, 3.8) is 0 Å². The van der Waals surface area contributed by atoms with Crippen molar-refractivity contribution in [2.24, 2.45) is 5.92 Å². The van der Waals surface area contributed by atoms with Gasteiger partial charge in [-0.1, -0.05) is 19.3 Å². The van der Waals surface area contributed by atoms with Gasteiger partial charge < -0.3 is 20.0 Å². The van der Waals surface area contributed by atoms with E-state index in [1.165, 1.54) is 70.6 Å². The second kappa shape index (κ2) is 11.5. The van der Waals surface area contributed by atoms with Crippen molar-refractivity contribution in [2.45, 2.75) is 115 Å². The van der Waals surface area contributed by atoms with E-state index in [1.54, 1.807) is 0 Å². The van der Waals surface area contributed by atoms with Gasteiger partial charge in [-0.25, -0.2) is 0 Å². The van der Waals surface area contributed by atoms with Gasteiger partial charge in [-0.05, 0) is 85.0 Å². The highest BCUT2D eigenvalue weighted by Crippen LogP contribution is 2.31. The molecule has 4 aliphatic rings. The molecule has 1 aromatic rings. The fourth-order valence-electron chi connectivity index (χ4n) is 7.17. The molecule has 3 aliphatic heterocycles. The number of piperazine rings is 1. The Balaban J connectivity index is 1.43. The maximum atomic E-state index is 13.5. The first-order valence-electron chi connectivity index (χ1n) is 15.3. The van der Waals surface area contributed by atoms with E-state index in [-0.39, 0.29) is 17.5 Å². The first-order valence-corrected chi connectivity index (χ1v) is 15.3.